The highest BCUT2D eigenvalue weighted by Crippen LogP contribution is 2.25. The van der Waals surface area contributed by atoms with Crippen LogP contribution in [0.15, 0.2) is 65.7 Å². The summed E-state index contributed by atoms with van der Waals surface area (Å²) in [7, 11) is 0. The number of fused-ring (bicyclic) bond motifs is 1. The Balaban J connectivity index is 1.40. The Morgan fingerprint density at radius 1 is 1.21 bits per heavy atom. The number of pyridine rings is 1. The van der Waals surface area contributed by atoms with Gasteiger partial charge < -0.3 is 10.1 Å². The molecule has 1 atom stereocenters. The molecule has 0 aliphatic heterocycles. The second-order valence-corrected chi connectivity index (χ2v) is 7.75. The fourth-order valence-electron chi connectivity index (χ4n) is 2.71. The van der Waals surface area contributed by atoms with Crippen LogP contribution in [-0.4, -0.2) is 34.2 Å². The van der Waals surface area contributed by atoms with Crippen molar-refractivity contribution in [3.05, 3.63) is 70.9 Å². The summed E-state index contributed by atoms with van der Waals surface area (Å²) in [5.74, 6) is 0.650. The van der Waals surface area contributed by atoms with Crippen LogP contribution >= 0.6 is 11.8 Å². The zero-order chi connectivity index (χ0) is 20.6. The lowest BCUT2D eigenvalue weighted by Crippen LogP contribution is -2.32. The molecule has 1 N–H and O–H groups in total. The third kappa shape index (κ3) is 5.68. The Labute approximate surface area is 172 Å². The summed E-state index contributed by atoms with van der Waals surface area (Å²) in [5.41, 5.74) is 0.861. The van der Waals surface area contributed by atoms with E-state index in [9.17, 15) is 14.9 Å². The fraction of sp³-hybridized carbons (Fsp3) is 0.238. The number of nitrogens with one attached hydrogen (secondary N) is 1. The maximum atomic E-state index is 12.2. The minimum Gasteiger partial charge on any atom is -0.491 e. The first-order valence-corrected chi connectivity index (χ1v) is 10.1. The van der Waals surface area contributed by atoms with Gasteiger partial charge in [-0.1, -0.05) is 18.2 Å². The zero-order valence-electron chi connectivity index (χ0n) is 15.9. The predicted molar refractivity (Wildman–Crippen MR) is 113 cm³/mol. The molecule has 1 unspecified atom stereocenters. The molecule has 0 aliphatic carbocycles. The lowest BCUT2D eigenvalue weighted by atomic mass is 10.2. The Bertz CT molecular complexity index is 989. The van der Waals surface area contributed by atoms with Gasteiger partial charge in [0.15, 0.2) is 0 Å². The molecule has 0 spiro atoms. The van der Waals surface area contributed by atoms with Crippen LogP contribution in [0.1, 0.15) is 13.3 Å². The van der Waals surface area contributed by atoms with Crippen molar-refractivity contribution in [3.63, 3.8) is 0 Å². The van der Waals surface area contributed by atoms with E-state index in [2.05, 4.69) is 10.3 Å². The molecular formula is C21H21N3O4S. The molecule has 1 amide bonds. The topological polar surface area (TPSA) is 94.4 Å². The van der Waals surface area contributed by atoms with E-state index >= 15 is 0 Å². The van der Waals surface area contributed by atoms with Crippen molar-refractivity contribution in [1.82, 2.24) is 10.3 Å². The number of hydrogen-bond acceptors (Lipinski definition) is 6. The monoisotopic (exact) mass is 411 g/mol. The minimum absolute atomic E-state index is 0.0350. The quantitative estimate of drug-likeness (QED) is 0.245. The minimum atomic E-state index is -0.443. The van der Waals surface area contributed by atoms with Crippen LogP contribution in [0.5, 0.6) is 5.75 Å². The van der Waals surface area contributed by atoms with Crippen molar-refractivity contribution in [1.29, 1.82) is 0 Å². The van der Waals surface area contributed by atoms with E-state index in [4.69, 9.17) is 4.74 Å². The van der Waals surface area contributed by atoms with Gasteiger partial charge in [-0.05, 0) is 37.6 Å². The maximum Gasteiger partial charge on any atom is 0.269 e. The number of nitrogens with zero attached hydrogens (tertiary/aromatic N) is 2. The molecule has 29 heavy (non-hydrogen) atoms. The molecule has 1 heterocycles. The van der Waals surface area contributed by atoms with E-state index in [-0.39, 0.29) is 16.8 Å². The van der Waals surface area contributed by atoms with Crippen molar-refractivity contribution >= 4 is 34.3 Å². The summed E-state index contributed by atoms with van der Waals surface area (Å²) >= 11 is 1.36. The number of carbonyl (C=O) groups excluding carboxylic acids is 1. The number of rotatable bonds is 9. The molecule has 1 aromatic heterocycles. The molecule has 0 saturated heterocycles. The Kier molecular flexibility index (Phi) is 7.02. The second kappa shape index (κ2) is 9.88. The van der Waals surface area contributed by atoms with Crippen LogP contribution in [0.3, 0.4) is 0 Å². The molecule has 8 heteroatoms. The van der Waals surface area contributed by atoms with Gasteiger partial charge in [0.25, 0.3) is 5.69 Å². The first-order valence-electron chi connectivity index (χ1n) is 9.20. The lowest BCUT2D eigenvalue weighted by molar-refractivity contribution is -0.384. The Morgan fingerprint density at radius 2 is 1.97 bits per heavy atom. The number of para-hydroxylation sites is 1. The highest BCUT2D eigenvalue weighted by atomic mass is 32.2. The van der Waals surface area contributed by atoms with E-state index in [1.807, 2.05) is 30.3 Å². The number of ether oxygens (including phenoxy) is 1. The third-order valence-electron chi connectivity index (χ3n) is 4.20. The molecule has 0 saturated carbocycles. The number of carbonyl (C=O) groups is 1. The largest absolute Gasteiger partial charge is 0.491 e. The van der Waals surface area contributed by atoms with Crippen LogP contribution in [-0.2, 0) is 4.79 Å². The van der Waals surface area contributed by atoms with Gasteiger partial charge in [0.1, 0.15) is 11.3 Å². The van der Waals surface area contributed by atoms with E-state index in [0.717, 1.165) is 21.5 Å². The van der Waals surface area contributed by atoms with Crippen LogP contribution in [0, 0.1) is 10.1 Å². The number of nitro groups is 1. The number of non-ortho nitro benzene ring substituents is 1. The number of nitro benzene ring substituents is 1. The highest BCUT2D eigenvalue weighted by Gasteiger charge is 2.14. The molecular weight excluding hydrogens is 390 g/mol. The van der Waals surface area contributed by atoms with Crippen LogP contribution < -0.4 is 10.1 Å². The molecule has 3 aromatic rings. The van der Waals surface area contributed by atoms with Crippen LogP contribution in [0.4, 0.5) is 5.69 Å². The molecule has 150 valence electrons. The van der Waals surface area contributed by atoms with Gasteiger partial charge in [-0.3, -0.25) is 19.9 Å². The molecule has 0 radical (unpaired) electrons. The van der Waals surface area contributed by atoms with Crippen molar-refractivity contribution < 1.29 is 14.5 Å². The number of benzene rings is 2. The normalized spacial score (nSPS) is 11.8. The zero-order valence-corrected chi connectivity index (χ0v) is 16.7. The number of aromatic nitrogens is 1. The lowest BCUT2D eigenvalue weighted by Gasteiger charge is -2.12. The standard InChI is InChI=1S/C21H21N3O4S/c1-15(29-18-10-8-17(9-11-18)24(26)27)21(25)23-13-4-14-28-19-7-2-5-16-6-3-12-22-20(16)19/h2-3,5-12,15H,4,13-14H2,1H3,(H,23,25). The number of thioether (sulfide) groups is 1. The molecule has 0 fully saturated rings. The van der Waals surface area contributed by atoms with Crippen molar-refractivity contribution in [2.24, 2.45) is 0 Å². The predicted octanol–water partition coefficient (Wildman–Crippen LogP) is 4.21. The van der Waals surface area contributed by atoms with E-state index < -0.39 is 4.92 Å². The molecule has 7 nitrogen and oxygen atoms in total. The van der Waals surface area contributed by atoms with Gasteiger partial charge in [-0.2, -0.15) is 0 Å². The van der Waals surface area contributed by atoms with Gasteiger partial charge in [0, 0.05) is 35.2 Å². The third-order valence-corrected chi connectivity index (χ3v) is 5.32. The maximum absolute atomic E-state index is 12.2. The second-order valence-electron chi connectivity index (χ2n) is 6.34. The smallest absolute Gasteiger partial charge is 0.269 e. The first kappa shape index (κ1) is 20.6. The van der Waals surface area contributed by atoms with Gasteiger partial charge >= 0.3 is 0 Å². The Hall–Kier alpha value is -3.13. The van der Waals surface area contributed by atoms with Crippen LogP contribution in [0.2, 0.25) is 0 Å². The number of hydrogen-bond donors (Lipinski definition) is 1. The van der Waals surface area contributed by atoms with Crippen molar-refractivity contribution in [2.75, 3.05) is 13.2 Å². The van der Waals surface area contributed by atoms with Gasteiger partial charge in [-0.25, -0.2) is 0 Å². The van der Waals surface area contributed by atoms with E-state index in [1.54, 1.807) is 25.3 Å². The van der Waals surface area contributed by atoms with E-state index in [0.29, 0.717) is 19.6 Å². The number of amides is 1. The summed E-state index contributed by atoms with van der Waals surface area (Å²) in [5, 5.41) is 14.3. The SMILES string of the molecule is CC(Sc1ccc([N+](=O)[O-])cc1)C(=O)NCCCOc1cccc2cccnc12. The van der Waals surface area contributed by atoms with Crippen molar-refractivity contribution in [3.8, 4) is 5.75 Å². The summed E-state index contributed by atoms with van der Waals surface area (Å²) in [6.07, 6.45) is 2.41. The summed E-state index contributed by atoms with van der Waals surface area (Å²) < 4.78 is 5.81. The van der Waals surface area contributed by atoms with Gasteiger partial charge in [0.2, 0.25) is 5.91 Å². The molecule has 2 aromatic carbocycles. The average Bonchev–Trinajstić information content (AvgIpc) is 2.73. The summed E-state index contributed by atoms with van der Waals surface area (Å²) in [6, 6.07) is 15.8. The average molecular weight is 411 g/mol. The first-order chi connectivity index (χ1) is 14.0. The summed E-state index contributed by atoms with van der Waals surface area (Å²) in [4.78, 5) is 27.6. The molecule has 0 aliphatic rings. The van der Waals surface area contributed by atoms with Gasteiger partial charge in [-0.15, -0.1) is 11.8 Å². The van der Waals surface area contributed by atoms with E-state index in [1.165, 1.54) is 23.9 Å². The Morgan fingerprint density at radius 3 is 2.72 bits per heavy atom. The summed E-state index contributed by atoms with van der Waals surface area (Å²) in [6.45, 7) is 2.78. The molecule has 0 bridgehead atoms. The fourth-order valence-corrected chi connectivity index (χ4v) is 3.60. The molecule has 3 rings (SSSR count). The van der Waals surface area contributed by atoms with Crippen molar-refractivity contribution in [2.45, 2.75) is 23.5 Å². The van der Waals surface area contributed by atoms with Crippen LogP contribution in [0.25, 0.3) is 10.9 Å². The van der Waals surface area contributed by atoms with Gasteiger partial charge in [0.05, 0.1) is 16.8 Å². The highest BCUT2D eigenvalue weighted by molar-refractivity contribution is 8.00.